The quantitative estimate of drug-likeness (QED) is 0.789. The molecule has 0 saturated heterocycles. The molecule has 0 radical (unpaired) electrons. The molecule has 0 spiro atoms. The van der Waals surface area contributed by atoms with E-state index in [0.717, 1.165) is 5.56 Å². The molecule has 0 aliphatic carbocycles. The van der Waals surface area contributed by atoms with Crippen LogP contribution in [0.5, 0.6) is 0 Å². The molecule has 2 aromatic heterocycles. The van der Waals surface area contributed by atoms with Crippen LogP contribution in [-0.4, -0.2) is 17.6 Å². The normalized spacial score (nSPS) is 11.0. The highest BCUT2D eigenvalue weighted by molar-refractivity contribution is 5.88. The van der Waals surface area contributed by atoms with Gasteiger partial charge in [0.2, 0.25) is 11.7 Å². The van der Waals surface area contributed by atoms with Crippen molar-refractivity contribution in [2.75, 3.05) is 6.61 Å². The molecule has 0 atom stereocenters. The maximum Gasteiger partial charge on any atom is 0.376 e. The highest BCUT2D eigenvalue weighted by Gasteiger charge is 2.25. The van der Waals surface area contributed by atoms with Crippen LogP contribution in [0.4, 0.5) is 0 Å². The lowest BCUT2D eigenvalue weighted by Crippen LogP contribution is -2.07. The van der Waals surface area contributed by atoms with Gasteiger partial charge in [0.15, 0.2) is 0 Å². The fraction of sp³-hybridized carbons (Fsp3) is 0.429. The first-order valence-corrected chi connectivity index (χ1v) is 6.26. The van der Waals surface area contributed by atoms with Gasteiger partial charge in [0.1, 0.15) is 5.76 Å². The summed E-state index contributed by atoms with van der Waals surface area (Å²) < 4.78 is 15.8. The first-order valence-electron chi connectivity index (χ1n) is 6.26. The summed E-state index contributed by atoms with van der Waals surface area (Å²) in [5.74, 6) is 0.854. The van der Waals surface area contributed by atoms with Crippen LogP contribution in [0.25, 0.3) is 11.5 Å². The molecule has 102 valence electrons. The molecular weight excluding hydrogens is 246 g/mol. The number of esters is 1. The lowest BCUT2D eigenvalue weighted by Gasteiger charge is -2.02. The van der Waals surface area contributed by atoms with Crippen molar-refractivity contribution in [2.24, 2.45) is 0 Å². The van der Waals surface area contributed by atoms with Crippen molar-refractivity contribution in [3.05, 3.63) is 29.5 Å². The van der Waals surface area contributed by atoms with Gasteiger partial charge < -0.3 is 13.6 Å². The maximum absolute atomic E-state index is 11.9. The van der Waals surface area contributed by atoms with Gasteiger partial charge in [0, 0.05) is 0 Å². The van der Waals surface area contributed by atoms with E-state index in [-0.39, 0.29) is 11.7 Å². The molecule has 5 nitrogen and oxygen atoms in total. The zero-order chi connectivity index (χ0) is 14.0. The second kappa shape index (κ2) is 5.30. The standard InChI is InChI=1S/C14H17NO4/c1-5-17-14(16)12-11(8(2)3)15-13(19-12)10-6-7-18-9(10)4/h6-8H,5H2,1-4H3. The van der Waals surface area contributed by atoms with E-state index in [1.54, 1.807) is 19.3 Å². The fourth-order valence-electron chi connectivity index (χ4n) is 1.79. The molecular formula is C14H17NO4. The minimum atomic E-state index is -0.480. The molecule has 0 aliphatic rings. The number of hydrogen-bond acceptors (Lipinski definition) is 5. The van der Waals surface area contributed by atoms with Gasteiger partial charge in [-0.25, -0.2) is 9.78 Å². The van der Waals surface area contributed by atoms with Crippen LogP contribution in [0.1, 0.15) is 48.7 Å². The highest BCUT2D eigenvalue weighted by Crippen LogP contribution is 2.29. The van der Waals surface area contributed by atoms with Crippen LogP contribution < -0.4 is 0 Å². The number of nitrogens with zero attached hydrogens (tertiary/aromatic N) is 1. The number of furan rings is 1. The van der Waals surface area contributed by atoms with Crippen molar-refractivity contribution in [2.45, 2.75) is 33.6 Å². The van der Waals surface area contributed by atoms with Gasteiger partial charge in [0.25, 0.3) is 0 Å². The number of carbonyl (C=O) groups excluding carboxylic acids is 1. The molecule has 2 aromatic rings. The predicted molar refractivity (Wildman–Crippen MR) is 69.0 cm³/mol. The molecule has 0 saturated carbocycles. The average molecular weight is 263 g/mol. The van der Waals surface area contributed by atoms with Crippen LogP contribution in [-0.2, 0) is 4.74 Å². The van der Waals surface area contributed by atoms with E-state index in [4.69, 9.17) is 13.6 Å². The Labute approximate surface area is 111 Å². The Hall–Kier alpha value is -2.04. The van der Waals surface area contributed by atoms with E-state index < -0.39 is 5.97 Å². The molecule has 0 aromatic carbocycles. The van der Waals surface area contributed by atoms with Crippen molar-refractivity contribution in [1.82, 2.24) is 4.98 Å². The Morgan fingerprint density at radius 3 is 2.74 bits per heavy atom. The topological polar surface area (TPSA) is 65.5 Å². The number of rotatable bonds is 4. The molecule has 5 heteroatoms. The number of hydrogen-bond donors (Lipinski definition) is 0. The van der Waals surface area contributed by atoms with Crippen LogP contribution >= 0.6 is 0 Å². The Bertz CT molecular complexity index is 580. The molecule has 0 amide bonds. The number of aryl methyl sites for hydroxylation is 1. The van der Waals surface area contributed by atoms with Crippen molar-refractivity contribution < 1.29 is 18.4 Å². The van der Waals surface area contributed by atoms with Crippen LogP contribution in [0.15, 0.2) is 21.2 Å². The number of aromatic nitrogens is 1. The summed E-state index contributed by atoms with van der Waals surface area (Å²) in [6.45, 7) is 7.78. The van der Waals surface area contributed by atoms with Crippen molar-refractivity contribution in [1.29, 1.82) is 0 Å². The third-order valence-electron chi connectivity index (χ3n) is 2.75. The molecule has 0 fully saturated rings. The lowest BCUT2D eigenvalue weighted by molar-refractivity contribution is 0.0488. The molecule has 0 bridgehead atoms. The second-order valence-corrected chi connectivity index (χ2v) is 4.50. The Morgan fingerprint density at radius 2 is 2.21 bits per heavy atom. The van der Waals surface area contributed by atoms with E-state index in [2.05, 4.69) is 4.98 Å². The highest BCUT2D eigenvalue weighted by atomic mass is 16.5. The summed E-state index contributed by atoms with van der Waals surface area (Å²) in [5.41, 5.74) is 1.35. The first-order chi connectivity index (χ1) is 9.04. The zero-order valence-corrected chi connectivity index (χ0v) is 11.5. The Kier molecular flexibility index (Phi) is 3.74. The van der Waals surface area contributed by atoms with E-state index in [9.17, 15) is 4.79 Å². The Morgan fingerprint density at radius 1 is 1.47 bits per heavy atom. The maximum atomic E-state index is 11.9. The van der Waals surface area contributed by atoms with E-state index >= 15 is 0 Å². The van der Waals surface area contributed by atoms with Crippen LogP contribution in [0.3, 0.4) is 0 Å². The van der Waals surface area contributed by atoms with E-state index in [0.29, 0.717) is 24.0 Å². The van der Waals surface area contributed by atoms with Crippen molar-refractivity contribution in [3.63, 3.8) is 0 Å². The lowest BCUT2D eigenvalue weighted by atomic mass is 10.1. The van der Waals surface area contributed by atoms with Gasteiger partial charge in [-0.2, -0.15) is 0 Å². The Balaban J connectivity index is 2.46. The second-order valence-electron chi connectivity index (χ2n) is 4.50. The number of carbonyl (C=O) groups is 1. The summed E-state index contributed by atoms with van der Waals surface area (Å²) in [5, 5.41) is 0. The van der Waals surface area contributed by atoms with Gasteiger partial charge >= 0.3 is 5.97 Å². The van der Waals surface area contributed by atoms with Gasteiger partial charge in [-0.3, -0.25) is 0 Å². The van der Waals surface area contributed by atoms with Crippen molar-refractivity contribution in [3.8, 4) is 11.5 Å². The summed E-state index contributed by atoms with van der Waals surface area (Å²) >= 11 is 0. The molecule has 2 rings (SSSR count). The van der Waals surface area contributed by atoms with Crippen molar-refractivity contribution >= 4 is 5.97 Å². The minimum Gasteiger partial charge on any atom is -0.469 e. The SMILES string of the molecule is CCOC(=O)c1oc(-c2ccoc2C)nc1C(C)C. The monoisotopic (exact) mass is 263 g/mol. The smallest absolute Gasteiger partial charge is 0.376 e. The third-order valence-corrected chi connectivity index (χ3v) is 2.75. The van der Waals surface area contributed by atoms with Gasteiger partial charge in [-0.15, -0.1) is 0 Å². The molecule has 19 heavy (non-hydrogen) atoms. The van der Waals surface area contributed by atoms with Gasteiger partial charge in [0.05, 0.1) is 24.1 Å². The molecule has 2 heterocycles. The van der Waals surface area contributed by atoms with E-state index in [1.807, 2.05) is 20.8 Å². The fourth-order valence-corrected chi connectivity index (χ4v) is 1.79. The molecule has 0 N–H and O–H groups in total. The summed E-state index contributed by atoms with van der Waals surface area (Å²) in [7, 11) is 0. The van der Waals surface area contributed by atoms with Gasteiger partial charge in [-0.05, 0) is 25.8 Å². The van der Waals surface area contributed by atoms with E-state index in [1.165, 1.54) is 0 Å². The summed E-state index contributed by atoms with van der Waals surface area (Å²) in [6.07, 6.45) is 1.56. The molecule has 0 unspecified atom stereocenters. The largest absolute Gasteiger partial charge is 0.469 e. The zero-order valence-electron chi connectivity index (χ0n) is 11.5. The van der Waals surface area contributed by atoms with Crippen LogP contribution in [0, 0.1) is 6.92 Å². The molecule has 0 aliphatic heterocycles. The van der Waals surface area contributed by atoms with Crippen LogP contribution in [0.2, 0.25) is 0 Å². The third kappa shape index (κ3) is 2.54. The summed E-state index contributed by atoms with van der Waals surface area (Å²) in [6, 6.07) is 1.76. The summed E-state index contributed by atoms with van der Waals surface area (Å²) in [4.78, 5) is 16.2. The van der Waals surface area contributed by atoms with Gasteiger partial charge in [-0.1, -0.05) is 13.8 Å². The number of oxazole rings is 1. The average Bonchev–Trinajstić information content (AvgIpc) is 2.94. The minimum absolute atomic E-state index is 0.0733. The first kappa shape index (κ1) is 13.4. The predicted octanol–water partition coefficient (Wildman–Crippen LogP) is 3.54. The number of ether oxygens (including phenoxy) is 1.